The zero-order valence-corrected chi connectivity index (χ0v) is 25.6. The molecule has 2 aliphatic heterocycles. The van der Waals surface area contributed by atoms with Gasteiger partial charge in [-0.3, -0.25) is 9.59 Å². The number of likely N-dealkylation sites (N-methyl/N-ethyl adjacent to an activating group) is 1. The number of hydrogen-bond donors (Lipinski definition) is 1. The number of hydrogen-bond acceptors (Lipinski definition) is 8. The smallest absolute Gasteiger partial charge is 0.372 e. The molecule has 1 atom stereocenters. The highest BCUT2D eigenvalue weighted by atomic mass is 35.5. The van der Waals surface area contributed by atoms with E-state index in [1.54, 1.807) is 47.2 Å². The lowest BCUT2D eigenvalue weighted by Gasteiger charge is -2.32. The fourth-order valence-corrected chi connectivity index (χ4v) is 7.51. The molecule has 3 heterocycles. The summed E-state index contributed by atoms with van der Waals surface area (Å²) in [6.07, 6.45) is 2.41. The van der Waals surface area contributed by atoms with Crippen LogP contribution in [-0.4, -0.2) is 93.8 Å². The number of halogens is 2. The lowest BCUT2D eigenvalue weighted by atomic mass is 10.1. The van der Waals surface area contributed by atoms with Gasteiger partial charge in [0.25, 0.3) is 5.56 Å². The molecule has 2 fully saturated rings. The molecule has 216 valence electrons. The normalized spacial score (nSPS) is 18.5. The fraction of sp³-hybridized carbons (Fsp3) is 0.393. The van der Waals surface area contributed by atoms with Gasteiger partial charge in [0.1, 0.15) is 11.6 Å². The molecule has 13 heteroatoms. The maximum absolute atomic E-state index is 13.6. The zero-order valence-electron chi connectivity index (χ0n) is 22.5. The third-order valence-electron chi connectivity index (χ3n) is 7.05. The Balaban J connectivity index is 1.40. The topological polar surface area (TPSA) is 98.6 Å². The van der Waals surface area contributed by atoms with Crippen molar-refractivity contribution in [2.45, 2.75) is 12.8 Å². The summed E-state index contributed by atoms with van der Waals surface area (Å²) in [6.45, 7) is 3.22. The first-order chi connectivity index (χ1) is 19.8. The molecule has 2 aliphatic rings. The first-order valence-corrected chi connectivity index (χ1v) is 16.5. The summed E-state index contributed by atoms with van der Waals surface area (Å²) in [6, 6.07) is 9.61. The van der Waals surface area contributed by atoms with Gasteiger partial charge in [0.05, 0.1) is 22.9 Å². The standard InChI is InChI=1S/C28H29Cl2N5O4S2/c1-33-9-11-34(12-10-33)25(36)6-8-35(16-18-7-13-40-41-17-18)28(38)39-24-5-3-20(30)15-22(24)26-31-23-4-2-19(29)14-21(23)27(37)32-26/h2-5,14-16,18H,6-13,17H2,1H3/p+1/b35-16+. The highest BCUT2D eigenvalue weighted by Crippen LogP contribution is 2.33. The molecule has 3 aromatic rings. The van der Waals surface area contributed by atoms with Crippen LogP contribution in [0.3, 0.4) is 0 Å². The number of benzene rings is 2. The summed E-state index contributed by atoms with van der Waals surface area (Å²) in [5.74, 6) is 2.46. The number of fused-ring (bicyclic) bond motifs is 1. The minimum atomic E-state index is -0.613. The van der Waals surface area contributed by atoms with Gasteiger partial charge in [-0.25, -0.2) is 4.98 Å². The van der Waals surface area contributed by atoms with Crippen LogP contribution in [0.15, 0.2) is 41.2 Å². The molecule has 0 bridgehead atoms. The Kier molecular flexibility index (Phi) is 9.92. The third-order valence-corrected chi connectivity index (χ3v) is 10.1. The molecule has 9 nitrogen and oxygen atoms in total. The highest BCUT2D eigenvalue weighted by Gasteiger charge is 2.28. The molecule has 0 radical (unpaired) electrons. The van der Waals surface area contributed by atoms with Gasteiger partial charge in [-0.15, -0.1) is 4.58 Å². The van der Waals surface area contributed by atoms with Crippen molar-refractivity contribution in [3.63, 3.8) is 0 Å². The van der Waals surface area contributed by atoms with Crippen molar-refractivity contribution < 1.29 is 18.9 Å². The summed E-state index contributed by atoms with van der Waals surface area (Å²) in [5.41, 5.74) is 0.420. The molecule has 5 rings (SSSR count). The lowest BCUT2D eigenvalue weighted by molar-refractivity contribution is -0.437. The van der Waals surface area contributed by atoms with Crippen molar-refractivity contribution in [3.8, 4) is 17.1 Å². The van der Waals surface area contributed by atoms with E-state index in [1.807, 2.05) is 29.0 Å². The molecule has 1 unspecified atom stereocenters. The molecule has 0 spiro atoms. The number of rotatable bonds is 6. The molecule has 0 aliphatic carbocycles. The maximum Gasteiger partial charge on any atom is 0.601 e. The van der Waals surface area contributed by atoms with E-state index in [2.05, 4.69) is 14.9 Å². The van der Waals surface area contributed by atoms with Gasteiger partial charge < -0.3 is 19.5 Å². The number of nitrogens with one attached hydrogen (secondary N) is 1. The second-order valence-electron chi connectivity index (χ2n) is 10.0. The monoisotopic (exact) mass is 634 g/mol. The average Bonchev–Trinajstić information content (AvgIpc) is 2.97. The van der Waals surface area contributed by atoms with Crippen LogP contribution in [0.2, 0.25) is 10.0 Å². The Labute approximate surface area is 255 Å². The third kappa shape index (κ3) is 7.64. The minimum absolute atomic E-state index is 0.0168. The Bertz CT molecular complexity index is 1540. The van der Waals surface area contributed by atoms with Gasteiger partial charge in [-0.05, 0) is 49.9 Å². The van der Waals surface area contributed by atoms with E-state index in [9.17, 15) is 14.4 Å². The van der Waals surface area contributed by atoms with Crippen LogP contribution in [0.5, 0.6) is 5.75 Å². The van der Waals surface area contributed by atoms with E-state index in [-0.39, 0.29) is 41.9 Å². The summed E-state index contributed by atoms with van der Waals surface area (Å²) in [4.78, 5) is 50.7. The summed E-state index contributed by atoms with van der Waals surface area (Å²) < 4.78 is 7.40. The van der Waals surface area contributed by atoms with E-state index in [1.165, 1.54) is 4.58 Å². The lowest BCUT2D eigenvalue weighted by Crippen LogP contribution is -2.47. The van der Waals surface area contributed by atoms with Crippen LogP contribution in [-0.2, 0) is 4.79 Å². The summed E-state index contributed by atoms with van der Waals surface area (Å²) in [5, 5.41) is 1.15. The van der Waals surface area contributed by atoms with Crippen molar-refractivity contribution in [3.05, 3.63) is 56.8 Å². The number of ether oxygens (including phenoxy) is 1. The number of nitrogens with zero attached hydrogens (tertiary/aromatic N) is 4. The second-order valence-corrected chi connectivity index (χ2v) is 13.5. The van der Waals surface area contributed by atoms with Gasteiger partial charge in [0.2, 0.25) is 5.91 Å². The van der Waals surface area contributed by atoms with Crippen LogP contribution in [0.1, 0.15) is 12.8 Å². The van der Waals surface area contributed by atoms with E-state index in [4.69, 9.17) is 27.9 Å². The van der Waals surface area contributed by atoms with Gasteiger partial charge in [-0.2, -0.15) is 4.79 Å². The number of piperazine rings is 1. The first kappa shape index (κ1) is 29.9. The van der Waals surface area contributed by atoms with E-state index in [0.29, 0.717) is 39.6 Å². The molecule has 0 saturated carbocycles. The molecule has 2 saturated heterocycles. The molecule has 1 aromatic heterocycles. The average molecular weight is 636 g/mol. The number of carbonyl (C=O) groups excluding carboxylic acids is 2. The zero-order chi connectivity index (χ0) is 28.9. The Hall–Kier alpha value is -2.57. The van der Waals surface area contributed by atoms with Crippen LogP contribution >= 0.6 is 44.8 Å². The Morgan fingerprint density at radius 2 is 1.88 bits per heavy atom. The van der Waals surface area contributed by atoms with Crippen LogP contribution in [0.25, 0.3) is 22.3 Å². The number of aromatic nitrogens is 2. The second kappa shape index (κ2) is 13.6. The molecular formula is C28H30Cl2N5O4S2+. The highest BCUT2D eigenvalue weighted by molar-refractivity contribution is 8.76. The largest absolute Gasteiger partial charge is 0.601 e. The van der Waals surface area contributed by atoms with E-state index < -0.39 is 6.09 Å². The van der Waals surface area contributed by atoms with Crippen LogP contribution < -0.4 is 10.3 Å². The Morgan fingerprint density at radius 1 is 1.12 bits per heavy atom. The number of amides is 2. The van der Waals surface area contributed by atoms with Gasteiger partial charge in [0.15, 0.2) is 12.8 Å². The summed E-state index contributed by atoms with van der Waals surface area (Å²) in [7, 11) is 5.63. The van der Waals surface area contributed by atoms with Crippen molar-refractivity contribution in [2.24, 2.45) is 5.92 Å². The Morgan fingerprint density at radius 3 is 2.63 bits per heavy atom. The van der Waals surface area contributed by atoms with Gasteiger partial charge >= 0.3 is 6.09 Å². The molecule has 41 heavy (non-hydrogen) atoms. The van der Waals surface area contributed by atoms with Crippen molar-refractivity contribution >= 4 is 73.9 Å². The first-order valence-electron chi connectivity index (χ1n) is 13.3. The number of H-pyrrole nitrogens is 1. The maximum atomic E-state index is 13.6. The SMILES string of the molecule is CN1CCN(C(=O)CC/[N+](=C\C2CCSSC2)C(=O)Oc2ccc(Cl)cc2-c2nc3ccc(Cl)cc3c(=O)[nH]2)CC1. The molecular weight excluding hydrogens is 605 g/mol. The fourth-order valence-electron chi connectivity index (χ4n) is 4.67. The molecule has 1 N–H and O–H groups in total. The number of aromatic amines is 1. The quantitative estimate of drug-likeness (QED) is 0.229. The molecule has 2 amide bonds. The van der Waals surface area contributed by atoms with Crippen LogP contribution in [0, 0.1) is 5.92 Å². The number of carbonyl (C=O) groups is 2. The van der Waals surface area contributed by atoms with E-state index >= 15 is 0 Å². The minimum Gasteiger partial charge on any atom is -0.372 e. The predicted molar refractivity (Wildman–Crippen MR) is 167 cm³/mol. The van der Waals surface area contributed by atoms with Crippen molar-refractivity contribution in [1.29, 1.82) is 0 Å². The predicted octanol–water partition coefficient (Wildman–Crippen LogP) is 5.04. The van der Waals surface area contributed by atoms with Crippen molar-refractivity contribution in [1.82, 2.24) is 19.8 Å². The molecule has 2 aromatic carbocycles. The van der Waals surface area contributed by atoms with E-state index in [0.717, 1.165) is 31.0 Å². The summed E-state index contributed by atoms with van der Waals surface area (Å²) >= 11 is 12.4. The van der Waals surface area contributed by atoms with Gasteiger partial charge in [-0.1, -0.05) is 44.8 Å². The van der Waals surface area contributed by atoms with Gasteiger partial charge in [0, 0.05) is 53.6 Å². The van der Waals surface area contributed by atoms with Crippen molar-refractivity contribution in [2.75, 3.05) is 51.3 Å². The van der Waals surface area contributed by atoms with Crippen LogP contribution in [0.4, 0.5) is 4.79 Å².